The number of amidine groups is 1. The molecular weight excluding hydrogens is 304 g/mol. The molecule has 0 saturated heterocycles. The summed E-state index contributed by atoms with van der Waals surface area (Å²) in [5.74, 6) is 1.47. The Morgan fingerprint density at radius 3 is 2.83 bits per heavy atom. The van der Waals surface area contributed by atoms with Crippen molar-refractivity contribution in [2.45, 2.75) is 58.0 Å². The first-order chi connectivity index (χ1) is 11.6. The average Bonchev–Trinajstić information content (AvgIpc) is 3.08. The fourth-order valence-electron chi connectivity index (χ4n) is 3.62. The summed E-state index contributed by atoms with van der Waals surface area (Å²) < 4.78 is 0. The summed E-state index contributed by atoms with van der Waals surface area (Å²) in [7, 11) is 0. The third-order valence-electron chi connectivity index (χ3n) is 4.76. The van der Waals surface area contributed by atoms with Gasteiger partial charge in [0.1, 0.15) is 17.6 Å². The molecule has 128 valence electrons. The monoisotopic (exact) mass is 328 g/mol. The summed E-state index contributed by atoms with van der Waals surface area (Å²) in [6.07, 6.45) is 8.42. The zero-order chi connectivity index (χ0) is 17.3. The summed E-state index contributed by atoms with van der Waals surface area (Å²) in [6, 6.07) is 0.127. The molecule has 1 fully saturated rings. The van der Waals surface area contributed by atoms with Gasteiger partial charge in [-0.15, -0.1) is 0 Å². The van der Waals surface area contributed by atoms with Crippen LogP contribution in [0.1, 0.15) is 46.0 Å². The fourth-order valence-corrected chi connectivity index (χ4v) is 3.62. The van der Waals surface area contributed by atoms with E-state index in [1.807, 2.05) is 6.92 Å². The third kappa shape index (κ3) is 2.74. The second-order valence-electron chi connectivity index (χ2n) is 6.30. The first-order valence-electron chi connectivity index (χ1n) is 8.50. The maximum absolute atomic E-state index is 12.5. The Morgan fingerprint density at radius 1 is 1.54 bits per heavy atom. The molecule has 1 unspecified atom stereocenters. The van der Waals surface area contributed by atoms with Crippen LogP contribution in [0.25, 0.3) is 0 Å². The lowest BCUT2D eigenvalue weighted by atomic mass is 10.0. The molecule has 0 aromatic carbocycles. The Balaban J connectivity index is 2.07. The van der Waals surface area contributed by atoms with E-state index in [9.17, 15) is 4.79 Å². The van der Waals surface area contributed by atoms with Crippen LogP contribution in [-0.2, 0) is 4.79 Å². The van der Waals surface area contributed by atoms with Crippen LogP contribution in [0, 0.1) is 5.41 Å². The van der Waals surface area contributed by atoms with E-state index in [2.05, 4.69) is 26.8 Å². The van der Waals surface area contributed by atoms with Crippen LogP contribution < -0.4 is 15.1 Å². The zero-order valence-corrected chi connectivity index (χ0v) is 14.2. The van der Waals surface area contributed by atoms with Crippen molar-refractivity contribution >= 4 is 29.2 Å². The van der Waals surface area contributed by atoms with Gasteiger partial charge in [0.05, 0.1) is 6.20 Å². The number of hydrogen-bond acceptors (Lipinski definition) is 5. The Hall–Kier alpha value is -2.44. The minimum atomic E-state index is -0.207. The van der Waals surface area contributed by atoms with Crippen molar-refractivity contribution in [3.8, 4) is 0 Å². The van der Waals surface area contributed by atoms with Gasteiger partial charge >= 0.3 is 0 Å². The van der Waals surface area contributed by atoms with Crippen LogP contribution in [-0.4, -0.2) is 33.8 Å². The van der Waals surface area contributed by atoms with Crippen LogP contribution in [0.3, 0.4) is 0 Å². The first kappa shape index (κ1) is 16.4. The molecule has 2 N–H and O–H groups in total. The normalized spacial score (nSPS) is 20.5. The summed E-state index contributed by atoms with van der Waals surface area (Å²) >= 11 is 0. The van der Waals surface area contributed by atoms with Gasteiger partial charge in [-0.2, -0.15) is 4.98 Å². The highest BCUT2D eigenvalue weighted by Gasteiger charge is 2.38. The van der Waals surface area contributed by atoms with Crippen LogP contribution in [0.15, 0.2) is 19.0 Å². The molecule has 1 amide bonds. The first-order valence-corrected chi connectivity index (χ1v) is 8.50. The lowest BCUT2D eigenvalue weighted by Gasteiger charge is -2.40. The number of nitrogens with one attached hydrogen (secondary N) is 2. The number of aromatic nitrogens is 2. The van der Waals surface area contributed by atoms with E-state index < -0.39 is 0 Å². The second-order valence-corrected chi connectivity index (χ2v) is 6.30. The Labute approximate surface area is 142 Å². The molecule has 1 aromatic rings. The van der Waals surface area contributed by atoms with E-state index in [0.717, 1.165) is 25.1 Å². The summed E-state index contributed by atoms with van der Waals surface area (Å²) in [5.41, 5.74) is 0.645. The smallest absolute Gasteiger partial charge is 0.247 e. The van der Waals surface area contributed by atoms with E-state index in [1.54, 1.807) is 13.1 Å². The van der Waals surface area contributed by atoms with Gasteiger partial charge in [-0.05, 0) is 26.2 Å². The van der Waals surface area contributed by atoms with Gasteiger partial charge in [-0.1, -0.05) is 26.3 Å². The highest BCUT2D eigenvalue weighted by Crippen LogP contribution is 2.37. The number of amides is 1. The number of anilines is 3. The molecule has 1 atom stereocenters. The zero-order valence-electron chi connectivity index (χ0n) is 14.2. The molecule has 0 bridgehead atoms. The summed E-state index contributed by atoms with van der Waals surface area (Å²) in [5, 5.41) is 10.8. The topological polar surface area (TPSA) is 85.2 Å². The van der Waals surface area contributed by atoms with E-state index in [0.29, 0.717) is 23.5 Å². The minimum Gasteiger partial charge on any atom is -0.340 e. The molecule has 3 rings (SSSR count). The molecule has 1 saturated carbocycles. The number of carbonyl (C=O) groups excluding carboxylic acids is 1. The van der Waals surface area contributed by atoms with E-state index in [4.69, 9.17) is 5.41 Å². The van der Waals surface area contributed by atoms with E-state index in [-0.39, 0.29) is 11.9 Å². The number of fused-ring (bicyclic) bond motifs is 1. The molecule has 1 aliphatic carbocycles. The quantitative estimate of drug-likeness (QED) is 0.656. The van der Waals surface area contributed by atoms with Gasteiger partial charge in [-0.3, -0.25) is 15.1 Å². The van der Waals surface area contributed by atoms with Gasteiger partial charge in [0.2, 0.25) is 11.9 Å². The minimum absolute atomic E-state index is 0.0112. The van der Waals surface area contributed by atoms with Gasteiger partial charge in [-0.25, -0.2) is 4.98 Å². The lowest BCUT2D eigenvalue weighted by Crippen LogP contribution is -2.52. The molecular formula is C17H24N6O. The molecule has 7 nitrogen and oxygen atoms in total. The van der Waals surface area contributed by atoms with Crippen LogP contribution in [0.4, 0.5) is 17.5 Å². The molecule has 7 heteroatoms. The number of rotatable bonds is 4. The standard InChI is InChI=1S/C17H24N6O/c1-4-14-16(24)20-13-10-19-17(22(5-2)11(3)18)21-15(13)23(14)12-8-6-7-9-12/h5,10,12,14,18H,2,4,6-9H2,1,3H3,(H,20,24). The Morgan fingerprint density at radius 2 is 2.25 bits per heavy atom. The van der Waals surface area contributed by atoms with Crippen molar-refractivity contribution in [1.82, 2.24) is 9.97 Å². The molecule has 2 heterocycles. The highest BCUT2D eigenvalue weighted by atomic mass is 16.2. The molecule has 2 aliphatic rings. The Bertz CT molecular complexity index is 667. The molecule has 1 aromatic heterocycles. The van der Waals surface area contributed by atoms with Crippen LogP contribution in [0.2, 0.25) is 0 Å². The van der Waals surface area contributed by atoms with Crippen LogP contribution >= 0.6 is 0 Å². The number of hydrogen-bond donors (Lipinski definition) is 2. The largest absolute Gasteiger partial charge is 0.340 e. The highest BCUT2D eigenvalue weighted by molar-refractivity contribution is 6.03. The van der Waals surface area contributed by atoms with Gasteiger partial charge in [0.25, 0.3) is 0 Å². The van der Waals surface area contributed by atoms with E-state index in [1.165, 1.54) is 23.9 Å². The van der Waals surface area contributed by atoms with Crippen molar-refractivity contribution in [3.63, 3.8) is 0 Å². The maximum Gasteiger partial charge on any atom is 0.247 e. The van der Waals surface area contributed by atoms with Crippen molar-refractivity contribution in [2.75, 3.05) is 15.1 Å². The van der Waals surface area contributed by atoms with Crippen molar-refractivity contribution in [3.05, 3.63) is 19.0 Å². The molecule has 0 radical (unpaired) electrons. The molecule has 24 heavy (non-hydrogen) atoms. The Kier molecular flexibility index (Phi) is 4.51. The van der Waals surface area contributed by atoms with Gasteiger partial charge in [0.15, 0.2) is 5.82 Å². The number of carbonyl (C=O) groups is 1. The third-order valence-corrected chi connectivity index (χ3v) is 4.76. The fraction of sp³-hybridized carbons (Fsp3) is 0.529. The maximum atomic E-state index is 12.5. The summed E-state index contributed by atoms with van der Waals surface area (Å²) in [4.78, 5) is 25.1. The van der Waals surface area contributed by atoms with Crippen LogP contribution in [0.5, 0.6) is 0 Å². The number of nitrogens with zero attached hydrogens (tertiary/aromatic N) is 4. The SMILES string of the molecule is C=CN(C(C)=N)c1ncc2c(n1)N(C1CCCC1)C(CC)C(=O)N2. The van der Waals surface area contributed by atoms with Crippen molar-refractivity contribution < 1.29 is 4.79 Å². The van der Waals surface area contributed by atoms with Crippen molar-refractivity contribution in [1.29, 1.82) is 5.41 Å². The van der Waals surface area contributed by atoms with Gasteiger partial charge < -0.3 is 10.2 Å². The average molecular weight is 328 g/mol. The second kappa shape index (κ2) is 6.59. The molecule has 0 spiro atoms. The van der Waals surface area contributed by atoms with Crippen molar-refractivity contribution in [2.24, 2.45) is 0 Å². The van der Waals surface area contributed by atoms with Gasteiger partial charge in [0, 0.05) is 12.2 Å². The molecule has 1 aliphatic heterocycles. The predicted octanol–water partition coefficient (Wildman–Crippen LogP) is 2.90. The predicted molar refractivity (Wildman–Crippen MR) is 95.6 cm³/mol. The van der Waals surface area contributed by atoms with E-state index >= 15 is 0 Å². The lowest BCUT2D eigenvalue weighted by molar-refractivity contribution is -0.117. The summed E-state index contributed by atoms with van der Waals surface area (Å²) in [6.45, 7) is 7.42.